The van der Waals surface area contributed by atoms with Gasteiger partial charge in [-0.25, -0.2) is 8.42 Å². The van der Waals surface area contributed by atoms with Gasteiger partial charge in [-0.2, -0.15) is 0 Å². The molecule has 5 nitrogen and oxygen atoms in total. The summed E-state index contributed by atoms with van der Waals surface area (Å²) in [5.74, 6) is -0.288. The van der Waals surface area contributed by atoms with E-state index in [0.29, 0.717) is 5.69 Å². The molecule has 6 heteroatoms. The molecule has 27 heavy (non-hydrogen) atoms. The van der Waals surface area contributed by atoms with Crippen molar-refractivity contribution in [3.63, 3.8) is 0 Å². The van der Waals surface area contributed by atoms with Gasteiger partial charge in [0.15, 0.2) is 0 Å². The average molecular weight is 387 g/mol. The number of nitrogens with zero attached hydrogens (tertiary/aromatic N) is 1. The van der Waals surface area contributed by atoms with E-state index in [9.17, 15) is 13.2 Å². The number of hydrogen-bond donors (Lipinski definition) is 1. The van der Waals surface area contributed by atoms with Crippen LogP contribution in [0.25, 0.3) is 0 Å². The molecule has 2 aromatic rings. The summed E-state index contributed by atoms with van der Waals surface area (Å²) in [7, 11) is -3.61. The lowest BCUT2D eigenvalue weighted by Crippen LogP contribution is -2.49. The molecule has 2 aromatic carbocycles. The molecule has 1 N–H and O–H groups in total. The van der Waals surface area contributed by atoms with Crippen LogP contribution in [0.15, 0.2) is 48.5 Å². The number of anilines is 1. The molecule has 0 spiro atoms. The fraction of sp³-hybridized carbons (Fsp3) is 0.381. The van der Waals surface area contributed by atoms with E-state index >= 15 is 0 Å². The molecule has 0 unspecified atom stereocenters. The van der Waals surface area contributed by atoms with Crippen molar-refractivity contribution < 1.29 is 13.2 Å². The largest absolute Gasteiger partial charge is 0.347 e. The third-order valence-electron chi connectivity index (χ3n) is 5.03. The molecule has 0 aromatic heterocycles. The minimum absolute atomic E-state index is 0.0798. The topological polar surface area (TPSA) is 66.5 Å². The minimum atomic E-state index is -3.61. The summed E-state index contributed by atoms with van der Waals surface area (Å²) >= 11 is 0. The zero-order valence-electron chi connectivity index (χ0n) is 16.0. The highest BCUT2D eigenvalue weighted by molar-refractivity contribution is 7.92. The van der Waals surface area contributed by atoms with Crippen LogP contribution in [0.1, 0.15) is 42.5 Å². The molecule has 0 saturated carbocycles. The lowest BCUT2D eigenvalue weighted by Gasteiger charge is -2.32. The van der Waals surface area contributed by atoms with E-state index in [1.807, 2.05) is 31.2 Å². The first-order valence-electron chi connectivity index (χ1n) is 9.21. The van der Waals surface area contributed by atoms with Crippen molar-refractivity contribution in [3.8, 4) is 0 Å². The van der Waals surface area contributed by atoms with Gasteiger partial charge < -0.3 is 5.32 Å². The van der Waals surface area contributed by atoms with E-state index in [-0.39, 0.29) is 11.9 Å². The highest BCUT2D eigenvalue weighted by Crippen LogP contribution is 2.30. The number of sulfonamides is 1. The van der Waals surface area contributed by atoms with Crippen LogP contribution < -0.4 is 9.62 Å². The van der Waals surface area contributed by atoms with Crippen molar-refractivity contribution in [2.45, 2.75) is 45.2 Å². The minimum Gasteiger partial charge on any atom is -0.347 e. The van der Waals surface area contributed by atoms with Crippen molar-refractivity contribution in [1.29, 1.82) is 0 Å². The molecule has 0 saturated heterocycles. The number of aryl methyl sites for hydroxylation is 2. The summed E-state index contributed by atoms with van der Waals surface area (Å²) in [6, 6.07) is 14.4. The van der Waals surface area contributed by atoms with Crippen LogP contribution in [0.5, 0.6) is 0 Å². The Balaban J connectivity index is 1.85. The fourth-order valence-electron chi connectivity index (χ4n) is 3.77. The molecule has 0 aliphatic heterocycles. The standard InChI is InChI=1S/C21H26N2O3S/c1-15-8-6-11-18(14-15)23(27(3,25)26)16(2)21(24)22-20-13-7-10-17-9-4-5-12-19(17)20/h4-6,8-9,11-12,14,16,20H,7,10,13H2,1-3H3,(H,22,24)/t16-,20+/m1/s1. The first kappa shape index (κ1) is 19.4. The van der Waals surface area contributed by atoms with Gasteiger partial charge in [-0.05, 0) is 61.9 Å². The van der Waals surface area contributed by atoms with Gasteiger partial charge in [0.05, 0.1) is 18.0 Å². The summed E-state index contributed by atoms with van der Waals surface area (Å²) in [5.41, 5.74) is 3.82. The Kier molecular flexibility index (Phi) is 5.56. The third-order valence-corrected chi connectivity index (χ3v) is 6.27. The Morgan fingerprint density at radius 2 is 1.93 bits per heavy atom. The molecule has 144 valence electrons. The maximum Gasteiger partial charge on any atom is 0.244 e. The van der Waals surface area contributed by atoms with Gasteiger partial charge in [0, 0.05) is 0 Å². The number of fused-ring (bicyclic) bond motifs is 1. The Morgan fingerprint density at radius 3 is 2.63 bits per heavy atom. The molecule has 3 rings (SSSR count). The van der Waals surface area contributed by atoms with E-state index in [1.54, 1.807) is 25.1 Å². The van der Waals surface area contributed by atoms with Crippen molar-refractivity contribution in [2.24, 2.45) is 0 Å². The van der Waals surface area contributed by atoms with Gasteiger partial charge in [0.2, 0.25) is 15.9 Å². The van der Waals surface area contributed by atoms with E-state index in [4.69, 9.17) is 0 Å². The van der Waals surface area contributed by atoms with Gasteiger partial charge in [0.25, 0.3) is 0 Å². The number of amides is 1. The summed E-state index contributed by atoms with van der Waals surface area (Å²) in [4.78, 5) is 13.0. The first-order chi connectivity index (χ1) is 12.8. The SMILES string of the molecule is Cc1cccc(N([C@H](C)C(=O)N[C@H]2CCCc3ccccc32)S(C)(=O)=O)c1. The van der Waals surface area contributed by atoms with Crippen molar-refractivity contribution in [3.05, 3.63) is 65.2 Å². The zero-order chi connectivity index (χ0) is 19.6. The molecule has 0 fully saturated rings. The highest BCUT2D eigenvalue weighted by Gasteiger charge is 2.31. The van der Waals surface area contributed by atoms with E-state index in [2.05, 4.69) is 11.4 Å². The number of carbonyl (C=O) groups excluding carboxylic acids is 1. The summed E-state index contributed by atoms with van der Waals surface area (Å²) in [6.45, 7) is 3.53. The number of benzene rings is 2. The molecule has 0 radical (unpaired) electrons. The van der Waals surface area contributed by atoms with Gasteiger partial charge >= 0.3 is 0 Å². The second-order valence-corrected chi connectivity index (χ2v) is 9.09. The molecular weight excluding hydrogens is 360 g/mol. The monoisotopic (exact) mass is 386 g/mol. The maximum absolute atomic E-state index is 13.0. The quantitative estimate of drug-likeness (QED) is 0.857. The Hall–Kier alpha value is -2.34. The lowest BCUT2D eigenvalue weighted by molar-refractivity contribution is -0.122. The lowest BCUT2D eigenvalue weighted by atomic mass is 9.87. The van der Waals surface area contributed by atoms with Gasteiger partial charge in [-0.3, -0.25) is 9.10 Å². The van der Waals surface area contributed by atoms with Crippen molar-refractivity contribution >= 4 is 21.6 Å². The molecule has 0 bridgehead atoms. The molecular formula is C21H26N2O3S. The van der Waals surface area contributed by atoms with Crippen molar-refractivity contribution in [2.75, 3.05) is 10.6 Å². The van der Waals surface area contributed by atoms with Crippen LogP contribution in [0.4, 0.5) is 5.69 Å². The average Bonchev–Trinajstić information content (AvgIpc) is 2.61. The molecule has 2 atom stereocenters. The van der Waals surface area contributed by atoms with Crippen LogP contribution in [0.2, 0.25) is 0 Å². The summed E-state index contributed by atoms with van der Waals surface area (Å²) < 4.78 is 26.0. The van der Waals surface area contributed by atoms with E-state index in [1.165, 1.54) is 9.87 Å². The molecule has 1 amide bonds. The zero-order valence-corrected chi connectivity index (χ0v) is 16.8. The Morgan fingerprint density at radius 1 is 1.19 bits per heavy atom. The van der Waals surface area contributed by atoms with Crippen molar-refractivity contribution in [1.82, 2.24) is 5.32 Å². The second-order valence-electron chi connectivity index (χ2n) is 7.23. The molecule has 1 aliphatic carbocycles. The number of rotatable bonds is 5. The van der Waals surface area contributed by atoms with E-state index < -0.39 is 16.1 Å². The Labute approximate surface area is 161 Å². The normalized spacial score (nSPS) is 17.7. The third kappa shape index (κ3) is 4.33. The smallest absolute Gasteiger partial charge is 0.244 e. The first-order valence-corrected chi connectivity index (χ1v) is 11.1. The predicted molar refractivity (Wildman–Crippen MR) is 108 cm³/mol. The Bertz CT molecular complexity index is 940. The maximum atomic E-state index is 13.0. The van der Waals surface area contributed by atoms with Crippen LogP contribution in [-0.4, -0.2) is 26.6 Å². The van der Waals surface area contributed by atoms with E-state index in [0.717, 1.165) is 36.6 Å². The number of hydrogen-bond acceptors (Lipinski definition) is 3. The van der Waals surface area contributed by atoms with Crippen LogP contribution in [-0.2, 0) is 21.2 Å². The predicted octanol–water partition coefficient (Wildman–Crippen LogP) is 3.34. The number of nitrogens with one attached hydrogen (secondary N) is 1. The molecule has 1 aliphatic rings. The van der Waals surface area contributed by atoms with Crippen LogP contribution in [0.3, 0.4) is 0 Å². The van der Waals surface area contributed by atoms with Crippen LogP contribution in [0, 0.1) is 6.92 Å². The summed E-state index contributed by atoms with van der Waals surface area (Å²) in [6.07, 6.45) is 4.01. The van der Waals surface area contributed by atoms with Crippen LogP contribution >= 0.6 is 0 Å². The molecule has 0 heterocycles. The highest BCUT2D eigenvalue weighted by atomic mass is 32.2. The van der Waals surface area contributed by atoms with Gasteiger partial charge in [-0.15, -0.1) is 0 Å². The summed E-state index contributed by atoms with van der Waals surface area (Å²) in [5, 5.41) is 3.07. The van der Waals surface area contributed by atoms with Gasteiger partial charge in [0.1, 0.15) is 6.04 Å². The number of carbonyl (C=O) groups is 1. The fourth-order valence-corrected chi connectivity index (χ4v) is 4.94. The second kappa shape index (κ2) is 7.72. The van der Waals surface area contributed by atoms with Gasteiger partial charge in [-0.1, -0.05) is 36.4 Å².